The minimum Gasteiger partial charge on any atom is -0.396 e. The van der Waals surface area contributed by atoms with E-state index in [1.54, 1.807) is 0 Å². The molecule has 1 aromatic heterocycles. The monoisotopic (exact) mass is 413 g/mol. The van der Waals surface area contributed by atoms with Crippen LogP contribution in [0.15, 0.2) is 23.0 Å². The van der Waals surface area contributed by atoms with Gasteiger partial charge in [-0.15, -0.1) is 0 Å². The average molecular weight is 414 g/mol. The largest absolute Gasteiger partial charge is 0.396 e. The predicted molar refractivity (Wildman–Crippen MR) is 118 cm³/mol. The van der Waals surface area contributed by atoms with Gasteiger partial charge in [-0.2, -0.15) is 0 Å². The number of carbonyl (C=O) groups is 1. The van der Waals surface area contributed by atoms with Crippen LogP contribution in [0.4, 0.5) is 0 Å². The molecule has 0 radical (unpaired) electrons. The number of aromatic nitrogens is 1. The summed E-state index contributed by atoms with van der Waals surface area (Å²) in [7, 11) is 0. The third kappa shape index (κ3) is 3.65. The van der Waals surface area contributed by atoms with E-state index in [2.05, 4.69) is 10.2 Å². The van der Waals surface area contributed by atoms with Crippen LogP contribution >= 0.6 is 0 Å². The van der Waals surface area contributed by atoms with Crippen molar-refractivity contribution in [3.05, 3.63) is 39.8 Å². The summed E-state index contributed by atoms with van der Waals surface area (Å²) in [5.41, 5.74) is 1.61. The summed E-state index contributed by atoms with van der Waals surface area (Å²) in [5.74, 6) is 0.178. The molecule has 3 heterocycles. The van der Waals surface area contributed by atoms with E-state index in [1.165, 1.54) is 25.7 Å². The Bertz CT molecular complexity index is 856. The lowest BCUT2D eigenvalue weighted by Gasteiger charge is -2.39. The first-order valence-electron chi connectivity index (χ1n) is 11.6. The summed E-state index contributed by atoms with van der Waals surface area (Å²) in [6.07, 6.45) is 9.63. The number of aliphatic hydroxyl groups is 1. The van der Waals surface area contributed by atoms with Crippen molar-refractivity contribution < 1.29 is 9.90 Å². The Morgan fingerprint density at radius 1 is 1.30 bits per heavy atom. The van der Waals surface area contributed by atoms with Gasteiger partial charge >= 0.3 is 0 Å². The number of hydrogen-bond donors (Lipinski definition) is 2. The average Bonchev–Trinajstić information content (AvgIpc) is 3.32. The summed E-state index contributed by atoms with van der Waals surface area (Å²) in [6.45, 7) is 6.06. The zero-order chi connectivity index (χ0) is 21.3. The van der Waals surface area contributed by atoms with Crippen LogP contribution in [0.2, 0.25) is 0 Å². The molecular weight excluding hydrogens is 378 g/mol. The fourth-order valence-corrected chi connectivity index (χ4v) is 5.95. The van der Waals surface area contributed by atoms with Gasteiger partial charge in [-0.1, -0.05) is 31.9 Å². The Morgan fingerprint density at radius 3 is 2.73 bits per heavy atom. The molecule has 164 valence electrons. The van der Waals surface area contributed by atoms with Crippen LogP contribution in [-0.4, -0.2) is 46.2 Å². The number of pyridine rings is 1. The number of allylic oxidation sites excluding steroid dienone is 1. The fourth-order valence-electron chi connectivity index (χ4n) is 5.95. The van der Waals surface area contributed by atoms with Crippen LogP contribution in [0, 0.1) is 17.8 Å². The summed E-state index contributed by atoms with van der Waals surface area (Å²) in [6, 6.07) is 3.78. The smallest absolute Gasteiger partial charge is 0.258 e. The van der Waals surface area contributed by atoms with Gasteiger partial charge in [-0.05, 0) is 44.2 Å². The fraction of sp³-hybridized carbons (Fsp3) is 0.667. The maximum atomic E-state index is 13.2. The van der Waals surface area contributed by atoms with Crippen molar-refractivity contribution in [2.75, 3.05) is 19.7 Å². The highest BCUT2D eigenvalue weighted by molar-refractivity contribution is 5.80. The maximum Gasteiger partial charge on any atom is 0.258 e. The highest BCUT2D eigenvalue weighted by Crippen LogP contribution is 2.49. The van der Waals surface area contributed by atoms with E-state index in [0.717, 1.165) is 18.7 Å². The Kier molecular flexibility index (Phi) is 6.44. The van der Waals surface area contributed by atoms with Crippen LogP contribution < -0.4 is 10.9 Å². The van der Waals surface area contributed by atoms with Gasteiger partial charge in [-0.25, -0.2) is 0 Å². The summed E-state index contributed by atoms with van der Waals surface area (Å²) in [4.78, 5) is 28.8. The summed E-state index contributed by atoms with van der Waals surface area (Å²) < 4.78 is 1.87. The maximum absolute atomic E-state index is 13.2. The Hall–Kier alpha value is -1.92. The van der Waals surface area contributed by atoms with Gasteiger partial charge in [0.05, 0.1) is 12.0 Å². The minimum absolute atomic E-state index is 0.00687. The zero-order valence-corrected chi connectivity index (χ0v) is 18.2. The van der Waals surface area contributed by atoms with Gasteiger partial charge in [0.25, 0.3) is 5.56 Å². The van der Waals surface area contributed by atoms with Gasteiger partial charge in [0.1, 0.15) is 0 Å². The lowest BCUT2D eigenvalue weighted by Crippen LogP contribution is -2.48. The third-order valence-corrected chi connectivity index (χ3v) is 7.34. The molecule has 4 rings (SSSR count). The molecule has 2 N–H and O–H groups in total. The normalized spacial score (nSPS) is 28.9. The number of nitrogens with zero attached hydrogens (tertiary/aromatic N) is 2. The van der Waals surface area contributed by atoms with Gasteiger partial charge in [0, 0.05) is 49.5 Å². The lowest BCUT2D eigenvalue weighted by molar-refractivity contribution is -0.127. The molecule has 30 heavy (non-hydrogen) atoms. The van der Waals surface area contributed by atoms with Gasteiger partial charge in [0.2, 0.25) is 5.91 Å². The van der Waals surface area contributed by atoms with Crippen LogP contribution in [0.5, 0.6) is 0 Å². The lowest BCUT2D eigenvalue weighted by atomic mass is 9.86. The van der Waals surface area contributed by atoms with Crippen LogP contribution in [0.1, 0.15) is 63.3 Å². The number of hydrogen-bond acceptors (Lipinski definition) is 4. The molecule has 0 aromatic carbocycles. The van der Waals surface area contributed by atoms with E-state index >= 15 is 0 Å². The number of fused-ring (bicyclic) bond motifs is 4. The number of rotatable bonds is 7. The Morgan fingerprint density at radius 2 is 2.07 bits per heavy atom. The van der Waals surface area contributed by atoms with Crippen molar-refractivity contribution in [1.82, 2.24) is 14.8 Å². The molecule has 2 bridgehead atoms. The molecule has 1 saturated carbocycles. The molecule has 1 amide bonds. The second-order valence-corrected chi connectivity index (χ2v) is 9.15. The molecule has 3 aliphatic rings. The first kappa shape index (κ1) is 21.3. The second kappa shape index (κ2) is 9.06. The van der Waals surface area contributed by atoms with Gasteiger partial charge in [-0.3, -0.25) is 14.5 Å². The zero-order valence-electron chi connectivity index (χ0n) is 18.2. The van der Waals surface area contributed by atoms with Crippen LogP contribution in [0.3, 0.4) is 0 Å². The summed E-state index contributed by atoms with van der Waals surface area (Å²) in [5, 5.41) is 13.4. The molecule has 1 saturated heterocycles. The Balaban J connectivity index is 1.76. The van der Waals surface area contributed by atoms with Crippen molar-refractivity contribution in [2.24, 2.45) is 17.8 Å². The van der Waals surface area contributed by atoms with Crippen molar-refractivity contribution >= 4 is 12.0 Å². The Labute approximate surface area is 179 Å². The molecule has 6 nitrogen and oxygen atoms in total. The number of nitrogens with one attached hydrogen (secondary N) is 1. The second-order valence-electron chi connectivity index (χ2n) is 9.15. The van der Waals surface area contributed by atoms with Gasteiger partial charge < -0.3 is 15.0 Å². The van der Waals surface area contributed by atoms with Crippen molar-refractivity contribution in [1.29, 1.82) is 0 Å². The molecule has 2 fully saturated rings. The predicted octanol–water partition coefficient (Wildman–Crippen LogP) is 2.56. The topological polar surface area (TPSA) is 74.6 Å². The first-order chi connectivity index (χ1) is 14.6. The molecule has 4 atom stereocenters. The molecular formula is C24H35N3O3. The van der Waals surface area contributed by atoms with E-state index in [4.69, 9.17) is 0 Å². The van der Waals surface area contributed by atoms with E-state index in [9.17, 15) is 14.7 Å². The highest BCUT2D eigenvalue weighted by Gasteiger charge is 2.55. The van der Waals surface area contributed by atoms with E-state index in [-0.39, 0.29) is 42.0 Å². The number of carbonyl (C=O) groups excluding carboxylic acids is 1. The molecule has 6 heteroatoms. The first-order valence-corrected chi connectivity index (χ1v) is 11.6. The minimum atomic E-state index is -0.325. The van der Waals surface area contributed by atoms with Crippen molar-refractivity contribution in [3.8, 4) is 0 Å². The van der Waals surface area contributed by atoms with Crippen LogP contribution in [0.25, 0.3) is 6.08 Å². The van der Waals surface area contributed by atoms with E-state index < -0.39 is 0 Å². The standard InChI is InChI=1S/C24H35N3O3/c1-3-7-17-10-11-19-22-21(23(29)25-12-4-2)18(15-28)20(14-27(19)24(17)30)26(22)13-16-8-5-6-9-16/h3,7,10-11,16,18,20-22,28H,4-6,8-9,12-15H2,1-2H3,(H,25,29)/t18-,20-,21+,22+/m0/s1. The quantitative estimate of drug-likeness (QED) is 0.721. The molecule has 0 spiro atoms. The van der Waals surface area contributed by atoms with Crippen molar-refractivity contribution in [3.63, 3.8) is 0 Å². The summed E-state index contributed by atoms with van der Waals surface area (Å²) >= 11 is 0. The van der Waals surface area contributed by atoms with Gasteiger partial charge in [0.15, 0.2) is 0 Å². The molecule has 0 unspecified atom stereocenters. The van der Waals surface area contributed by atoms with E-state index in [1.807, 2.05) is 42.7 Å². The number of amides is 1. The molecule has 2 aliphatic heterocycles. The van der Waals surface area contributed by atoms with E-state index in [0.29, 0.717) is 24.6 Å². The SMILES string of the molecule is CC=Cc1ccc2n(c1=O)C[C@H]1[C@H](CO)[C@@H](C(=O)NCCC)[C@@H]2N1CC1CCCC1. The third-order valence-electron chi connectivity index (χ3n) is 7.34. The van der Waals surface area contributed by atoms with Crippen LogP contribution in [-0.2, 0) is 11.3 Å². The molecule has 1 aromatic rings. The van der Waals surface area contributed by atoms with Crippen molar-refractivity contribution in [2.45, 2.75) is 64.6 Å². The number of aliphatic hydroxyl groups excluding tert-OH is 1. The molecule has 1 aliphatic carbocycles. The highest BCUT2D eigenvalue weighted by atomic mass is 16.3.